The van der Waals surface area contributed by atoms with Crippen LogP contribution in [0.3, 0.4) is 0 Å². The summed E-state index contributed by atoms with van der Waals surface area (Å²) in [5.74, 6) is 0. The largest absolute Gasteiger partial charge is 0.444 e. The molecule has 0 atom stereocenters. The fourth-order valence-corrected chi connectivity index (χ4v) is 2.87. The Morgan fingerprint density at radius 2 is 0.714 bits per heavy atom. The van der Waals surface area contributed by atoms with Crippen molar-refractivity contribution in [3.63, 3.8) is 0 Å². The highest BCUT2D eigenvalue weighted by Crippen LogP contribution is 2.06. The van der Waals surface area contributed by atoms with Crippen molar-refractivity contribution in [3.05, 3.63) is 0 Å². The van der Waals surface area contributed by atoms with Crippen molar-refractivity contribution >= 4 is 6.09 Å². The molecule has 0 bridgehead atoms. The standard InChI is InChI=1S/C29H59NO12/c1-5-6-8-32-10-12-34-14-16-36-18-20-38-22-24-40-26-27-41-25-23-39-21-19-37-17-15-35-13-11-33-9-7-30-28(31)42-29(2,3)4/h5-27H2,1-4H3,(H,30,31). The minimum Gasteiger partial charge on any atom is -0.444 e. The lowest BCUT2D eigenvalue weighted by Gasteiger charge is -2.19. The maximum Gasteiger partial charge on any atom is 0.407 e. The van der Waals surface area contributed by atoms with Crippen LogP contribution in [0.5, 0.6) is 0 Å². The van der Waals surface area contributed by atoms with Crippen molar-refractivity contribution in [1.82, 2.24) is 5.32 Å². The highest BCUT2D eigenvalue weighted by molar-refractivity contribution is 5.67. The summed E-state index contributed by atoms with van der Waals surface area (Å²) < 4.78 is 59.5. The summed E-state index contributed by atoms with van der Waals surface area (Å²) in [5.41, 5.74) is -0.508. The summed E-state index contributed by atoms with van der Waals surface area (Å²) in [7, 11) is 0. The number of alkyl carbamates (subject to hydrolysis) is 1. The van der Waals surface area contributed by atoms with E-state index in [1.54, 1.807) is 0 Å². The van der Waals surface area contributed by atoms with Gasteiger partial charge in [-0.05, 0) is 27.2 Å². The third-order valence-corrected chi connectivity index (χ3v) is 4.90. The van der Waals surface area contributed by atoms with Gasteiger partial charge in [0.05, 0.1) is 126 Å². The quantitative estimate of drug-likeness (QED) is 0.109. The number of amides is 1. The maximum atomic E-state index is 11.5. The van der Waals surface area contributed by atoms with Crippen molar-refractivity contribution in [2.75, 3.05) is 139 Å². The van der Waals surface area contributed by atoms with Gasteiger partial charge in [0.1, 0.15) is 5.60 Å². The van der Waals surface area contributed by atoms with Crippen LogP contribution < -0.4 is 5.32 Å². The summed E-state index contributed by atoms with van der Waals surface area (Å²) in [5, 5.41) is 2.63. The average molecular weight is 614 g/mol. The van der Waals surface area contributed by atoms with Gasteiger partial charge in [-0.1, -0.05) is 13.3 Å². The van der Waals surface area contributed by atoms with Gasteiger partial charge in [0.15, 0.2) is 0 Å². The van der Waals surface area contributed by atoms with E-state index in [2.05, 4.69) is 12.2 Å². The van der Waals surface area contributed by atoms with Crippen molar-refractivity contribution in [2.45, 2.75) is 46.1 Å². The van der Waals surface area contributed by atoms with Gasteiger partial charge in [0, 0.05) is 13.2 Å². The van der Waals surface area contributed by atoms with E-state index in [-0.39, 0.29) is 0 Å². The summed E-state index contributed by atoms with van der Waals surface area (Å²) in [6, 6.07) is 0. The number of nitrogens with one attached hydrogen (secondary N) is 1. The molecule has 0 heterocycles. The zero-order valence-electron chi connectivity index (χ0n) is 26.7. The molecule has 0 saturated heterocycles. The van der Waals surface area contributed by atoms with Gasteiger partial charge in [0.25, 0.3) is 0 Å². The molecule has 0 fully saturated rings. The number of rotatable bonds is 33. The van der Waals surface area contributed by atoms with Crippen LogP contribution >= 0.6 is 0 Å². The predicted molar refractivity (Wildman–Crippen MR) is 157 cm³/mol. The first kappa shape index (κ1) is 40.9. The minimum atomic E-state index is -0.508. The first-order chi connectivity index (χ1) is 20.5. The molecule has 0 saturated carbocycles. The van der Waals surface area contributed by atoms with Crippen LogP contribution in [0.2, 0.25) is 0 Å². The molecular formula is C29H59NO12. The normalized spacial score (nSPS) is 11.7. The van der Waals surface area contributed by atoms with Gasteiger partial charge >= 0.3 is 6.09 Å². The second-order valence-corrected chi connectivity index (χ2v) is 9.91. The Kier molecular flexibility index (Phi) is 31.9. The van der Waals surface area contributed by atoms with Crippen molar-refractivity contribution in [2.24, 2.45) is 0 Å². The number of unbranched alkanes of at least 4 members (excludes halogenated alkanes) is 1. The highest BCUT2D eigenvalue weighted by Gasteiger charge is 2.15. The molecule has 13 heteroatoms. The number of carbonyl (C=O) groups excluding carboxylic acids is 1. The first-order valence-corrected chi connectivity index (χ1v) is 15.2. The monoisotopic (exact) mass is 613 g/mol. The number of ether oxygens (including phenoxy) is 11. The third-order valence-electron chi connectivity index (χ3n) is 4.90. The summed E-state index contributed by atoms with van der Waals surface area (Å²) in [4.78, 5) is 11.5. The molecule has 42 heavy (non-hydrogen) atoms. The average Bonchev–Trinajstić information content (AvgIpc) is 2.94. The lowest BCUT2D eigenvalue weighted by atomic mass is 10.2. The molecular weight excluding hydrogens is 554 g/mol. The lowest BCUT2D eigenvalue weighted by molar-refractivity contribution is -0.0264. The smallest absolute Gasteiger partial charge is 0.407 e. The Labute approximate surface area is 253 Å². The van der Waals surface area contributed by atoms with Crippen molar-refractivity contribution in [3.8, 4) is 0 Å². The van der Waals surface area contributed by atoms with Gasteiger partial charge in [-0.25, -0.2) is 4.79 Å². The molecule has 0 unspecified atom stereocenters. The van der Waals surface area contributed by atoms with Crippen molar-refractivity contribution in [1.29, 1.82) is 0 Å². The lowest BCUT2D eigenvalue weighted by Crippen LogP contribution is -2.34. The van der Waals surface area contributed by atoms with Crippen molar-refractivity contribution < 1.29 is 56.9 Å². The molecule has 0 spiro atoms. The van der Waals surface area contributed by atoms with E-state index >= 15 is 0 Å². The molecule has 1 N–H and O–H groups in total. The van der Waals surface area contributed by atoms with E-state index in [4.69, 9.17) is 52.1 Å². The fraction of sp³-hybridized carbons (Fsp3) is 0.966. The van der Waals surface area contributed by atoms with Crippen LogP contribution in [0, 0.1) is 0 Å². The van der Waals surface area contributed by atoms with E-state index in [0.717, 1.165) is 19.4 Å². The first-order valence-electron chi connectivity index (χ1n) is 15.2. The minimum absolute atomic E-state index is 0.386. The maximum absolute atomic E-state index is 11.5. The number of hydrogen-bond donors (Lipinski definition) is 1. The van der Waals surface area contributed by atoms with Crippen LogP contribution in [0.25, 0.3) is 0 Å². The summed E-state index contributed by atoms with van der Waals surface area (Å²) >= 11 is 0. The van der Waals surface area contributed by atoms with E-state index in [9.17, 15) is 4.79 Å². The molecule has 0 radical (unpaired) electrons. The van der Waals surface area contributed by atoms with Crippen LogP contribution in [0.4, 0.5) is 4.79 Å². The van der Waals surface area contributed by atoms with E-state index in [0.29, 0.717) is 132 Å². The number of carbonyl (C=O) groups is 1. The van der Waals surface area contributed by atoms with Gasteiger partial charge in [-0.3, -0.25) is 0 Å². The Hall–Kier alpha value is -1.13. The predicted octanol–water partition coefficient (Wildman–Crippen LogP) is 2.48. The van der Waals surface area contributed by atoms with Gasteiger partial charge in [0.2, 0.25) is 0 Å². The van der Waals surface area contributed by atoms with Gasteiger partial charge in [-0.2, -0.15) is 0 Å². The Morgan fingerprint density at radius 3 is 0.976 bits per heavy atom. The Bertz CT molecular complexity index is 551. The zero-order chi connectivity index (χ0) is 30.8. The molecule has 0 aliphatic rings. The molecule has 13 nitrogen and oxygen atoms in total. The molecule has 0 aliphatic carbocycles. The van der Waals surface area contributed by atoms with E-state index in [1.165, 1.54) is 0 Å². The van der Waals surface area contributed by atoms with Crippen LogP contribution in [0.15, 0.2) is 0 Å². The molecule has 1 amide bonds. The second-order valence-electron chi connectivity index (χ2n) is 9.91. The van der Waals surface area contributed by atoms with Gasteiger partial charge < -0.3 is 57.4 Å². The highest BCUT2D eigenvalue weighted by atomic mass is 16.6. The Balaban J connectivity index is 3.09. The molecule has 0 aromatic heterocycles. The second kappa shape index (κ2) is 32.8. The molecule has 252 valence electrons. The molecule has 0 aromatic carbocycles. The van der Waals surface area contributed by atoms with E-state index < -0.39 is 11.7 Å². The molecule has 0 rings (SSSR count). The Morgan fingerprint density at radius 1 is 0.452 bits per heavy atom. The van der Waals surface area contributed by atoms with Crippen LogP contribution in [0.1, 0.15) is 40.5 Å². The van der Waals surface area contributed by atoms with Gasteiger partial charge in [-0.15, -0.1) is 0 Å². The molecule has 0 aliphatic heterocycles. The fourth-order valence-electron chi connectivity index (χ4n) is 2.87. The van der Waals surface area contributed by atoms with Crippen LogP contribution in [-0.4, -0.2) is 150 Å². The zero-order valence-corrected chi connectivity index (χ0v) is 26.7. The van der Waals surface area contributed by atoms with E-state index in [1.807, 2.05) is 20.8 Å². The summed E-state index contributed by atoms with van der Waals surface area (Å²) in [6.07, 6.45) is 1.79. The summed E-state index contributed by atoms with van der Waals surface area (Å²) in [6.45, 7) is 18.5. The van der Waals surface area contributed by atoms with Crippen LogP contribution in [-0.2, 0) is 52.1 Å². The third kappa shape index (κ3) is 36.9. The molecule has 0 aromatic rings. The number of hydrogen-bond acceptors (Lipinski definition) is 12. The topological polar surface area (TPSA) is 131 Å². The SMILES string of the molecule is CCCCOCCOCCOCCOCCOCCOCCOCCOCCOCCOCCNC(=O)OC(C)(C)C.